The number of para-hydroxylation sites is 2. The van der Waals surface area contributed by atoms with Crippen LogP contribution >= 0.6 is 0 Å². The molecular weight excluding hydrogens is 310 g/mol. The first-order chi connectivity index (χ1) is 12.2. The Balaban J connectivity index is 1.84. The Morgan fingerprint density at radius 1 is 1.04 bits per heavy atom. The van der Waals surface area contributed by atoms with E-state index >= 15 is 0 Å². The number of fused-ring (bicyclic) bond motifs is 2. The summed E-state index contributed by atoms with van der Waals surface area (Å²) in [7, 11) is 0. The van der Waals surface area contributed by atoms with Crippen molar-refractivity contribution in [2.75, 3.05) is 0 Å². The normalized spacial score (nSPS) is 11.8. The van der Waals surface area contributed by atoms with E-state index in [9.17, 15) is 4.79 Å². The van der Waals surface area contributed by atoms with E-state index in [0.717, 1.165) is 12.1 Å². The molecule has 0 spiro atoms. The van der Waals surface area contributed by atoms with Gasteiger partial charge >= 0.3 is 0 Å². The van der Waals surface area contributed by atoms with Gasteiger partial charge in [0.1, 0.15) is 5.82 Å². The zero-order valence-electron chi connectivity index (χ0n) is 14.3. The molecule has 0 bridgehead atoms. The van der Waals surface area contributed by atoms with E-state index in [1.165, 1.54) is 16.6 Å². The van der Waals surface area contributed by atoms with Crippen LogP contribution in [0.4, 0.5) is 0 Å². The molecule has 0 unspecified atom stereocenters. The minimum Gasteiger partial charge on any atom is -0.345 e. The van der Waals surface area contributed by atoms with Crippen LogP contribution in [0, 0.1) is 6.92 Å². The quantitative estimate of drug-likeness (QED) is 0.606. The SMILES string of the molecule is CCn1c(C)c(C=Cc2nc3ccccc3c(=O)[nH]2)c2ccccc21. The molecule has 124 valence electrons. The van der Waals surface area contributed by atoms with Crippen molar-refractivity contribution >= 4 is 34.0 Å². The smallest absolute Gasteiger partial charge is 0.259 e. The van der Waals surface area contributed by atoms with Gasteiger partial charge in [0.15, 0.2) is 0 Å². The summed E-state index contributed by atoms with van der Waals surface area (Å²) in [6.07, 6.45) is 3.92. The Morgan fingerprint density at radius 3 is 2.56 bits per heavy atom. The molecule has 4 heteroatoms. The van der Waals surface area contributed by atoms with Crippen molar-refractivity contribution in [3.8, 4) is 0 Å². The van der Waals surface area contributed by atoms with Gasteiger partial charge in [-0.25, -0.2) is 4.98 Å². The zero-order chi connectivity index (χ0) is 17.4. The number of nitrogens with one attached hydrogen (secondary N) is 1. The van der Waals surface area contributed by atoms with E-state index in [1.54, 1.807) is 6.07 Å². The van der Waals surface area contributed by atoms with E-state index < -0.39 is 0 Å². The molecule has 2 aromatic carbocycles. The molecule has 2 aromatic heterocycles. The largest absolute Gasteiger partial charge is 0.345 e. The van der Waals surface area contributed by atoms with E-state index in [1.807, 2.05) is 30.4 Å². The summed E-state index contributed by atoms with van der Waals surface area (Å²) >= 11 is 0. The third kappa shape index (κ3) is 2.56. The van der Waals surface area contributed by atoms with E-state index in [4.69, 9.17) is 0 Å². The molecule has 0 fully saturated rings. The summed E-state index contributed by atoms with van der Waals surface area (Å²) < 4.78 is 2.30. The number of hydrogen-bond acceptors (Lipinski definition) is 2. The van der Waals surface area contributed by atoms with Crippen LogP contribution in [0.5, 0.6) is 0 Å². The maximum atomic E-state index is 12.2. The van der Waals surface area contributed by atoms with Crippen LogP contribution in [-0.4, -0.2) is 14.5 Å². The van der Waals surface area contributed by atoms with Gasteiger partial charge in [-0.1, -0.05) is 30.3 Å². The minimum atomic E-state index is -0.113. The second-order valence-corrected chi connectivity index (χ2v) is 6.06. The molecule has 0 amide bonds. The van der Waals surface area contributed by atoms with Gasteiger partial charge in [0.2, 0.25) is 0 Å². The molecule has 25 heavy (non-hydrogen) atoms. The average Bonchev–Trinajstić information content (AvgIpc) is 2.91. The van der Waals surface area contributed by atoms with E-state index in [2.05, 4.69) is 52.6 Å². The lowest BCUT2D eigenvalue weighted by Gasteiger charge is -2.03. The fraction of sp³-hybridized carbons (Fsp3) is 0.143. The number of benzene rings is 2. The Kier molecular flexibility index (Phi) is 3.73. The Labute approximate surface area is 145 Å². The minimum absolute atomic E-state index is 0.113. The van der Waals surface area contributed by atoms with E-state index in [0.29, 0.717) is 16.7 Å². The van der Waals surface area contributed by atoms with Crippen LogP contribution in [0.15, 0.2) is 53.3 Å². The molecule has 0 aliphatic rings. The van der Waals surface area contributed by atoms with Crippen molar-refractivity contribution in [1.29, 1.82) is 0 Å². The van der Waals surface area contributed by atoms with Crippen molar-refractivity contribution in [2.24, 2.45) is 0 Å². The number of aromatic amines is 1. The van der Waals surface area contributed by atoms with Gasteiger partial charge in [0, 0.05) is 28.7 Å². The predicted octanol–water partition coefficient (Wildman–Crippen LogP) is 4.38. The summed E-state index contributed by atoms with van der Waals surface area (Å²) in [4.78, 5) is 19.6. The van der Waals surface area contributed by atoms with Gasteiger partial charge in [-0.2, -0.15) is 0 Å². The average molecular weight is 329 g/mol. The van der Waals surface area contributed by atoms with Crippen LogP contribution in [0.3, 0.4) is 0 Å². The molecule has 0 atom stereocenters. The fourth-order valence-corrected chi connectivity index (χ4v) is 3.42. The van der Waals surface area contributed by atoms with Crippen LogP contribution in [0.2, 0.25) is 0 Å². The lowest BCUT2D eigenvalue weighted by atomic mass is 10.1. The van der Waals surface area contributed by atoms with Crippen LogP contribution in [0.25, 0.3) is 34.0 Å². The molecular formula is C21H19N3O. The maximum absolute atomic E-state index is 12.2. The first-order valence-electron chi connectivity index (χ1n) is 8.44. The first kappa shape index (κ1) is 15.4. The summed E-state index contributed by atoms with van der Waals surface area (Å²) in [5.41, 5.74) is 4.19. The lowest BCUT2D eigenvalue weighted by Crippen LogP contribution is -2.09. The molecule has 4 nitrogen and oxygen atoms in total. The summed E-state index contributed by atoms with van der Waals surface area (Å²) in [6, 6.07) is 15.8. The van der Waals surface area contributed by atoms with Crippen LogP contribution in [-0.2, 0) is 6.54 Å². The fourth-order valence-electron chi connectivity index (χ4n) is 3.42. The molecule has 0 aliphatic carbocycles. The highest BCUT2D eigenvalue weighted by atomic mass is 16.1. The van der Waals surface area contributed by atoms with Gasteiger partial charge in [-0.15, -0.1) is 0 Å². The second-order valence-electron chi connectivity index (χ2n) is 6.06. The third-order valence-electron chi connectivity index (χ3n) is 4.63. The molecule has 4 rings (SSSR count). The van der Waals surface area contributed by atoms with Crippen molar-refractivity contribution in [1.82, 2.24) is 14.5 Å². The third-order valence-corrected chi connectivity index (χ3v) is 4.63. The van der Waals surface area contributed by atoms with Gasteiger partial charge in [0.25, 0.3) is 5.56 Å². The first-order valence-corrected chi connectivity index (χ1v) is 8.44. The monoisotopic (exact) mass is 329 g/mol. The number of aryl methyl sites for hydroxylation is 1. The summed E-state index contributed by atoms with van der Waals surface area (Å²) in [5, 5.41) is 1.82. The molecule has 4 aromatic rings. The molecule has 0 radical (unpaired) electrons. The zero-order valence-corrected chi connectivity index (χ0v) is 14.3. The summed E-state index contributed by atoms with van der Waals surface area (Å²) in [6.45, 7) is 5.19. The maximum Gasteiger partial charge on any atom is 0.259 e. The number of rotatable bonds is 3. The van der Waals surface area contributed by atoms with Gasteiger partial charge in [0.05, 0.1) is 10.9 Å². The predicted molar refractivity (Wildman–Crippen MR) is 104 cm³/mol. The lowest BCUT2D eigenvalue weighted by molar-refractivity contribution is 0.769. The highest BCUT2D eigenvalue weighted by molar-refractivity contribution is 5.93. The standard InChI is InChI=1S/C21H19N3O/c1-3-24-14(2)15(16-8-5-7-11-19(16)24)12-13-20-22-18-10-6-4-9-17(18)21(25)23-20/h4-13H,3H2,1-2H3,(H,22,23,25). The number of nitrogens with zero attached hydrogens (tertiary/aromatic N) is 2. The van der Waals surface area contributed by atoms with Crippen LogP contribution in [0.1, 0.15) is 24.0 Å². The Hall–Kier alpha value is -3.14. The van der Waals surface area contributed by atoms with Gasteiger partial charge < -0.3 is 9.55 Å². The van der Waals surface area contributed by atoms with Gasteiger partial charge in [-0.05, 0) is 44.2 Å². The van der Waals surface area contributed by atoms with Crippen molar-refractivity contribution < 1.29 is 0 Å². The van der Waals surface area contributed by atoms with Crippen molar-refractivity contribution in [3.63, 3.8) is 0 Å². The second kappa shape index (κ2) is 6.06. The number of hydrogen-bond donors (Lipinski definition) is 1. The molecule has 0 saturated carbocycles. The molecule has 0 saturated heterocycles. The van der Waals surface area contributed by atoms with Gasteiger partial charge in [-0.3, -0.25) is 4.79 Å². The van der Waals surface area contributed by atoms with E-state index in [-0.39, 0.29) is 5.56 Å². The van der Waals surface area contributed by atoms with Crippen molar-refractivity contribution in [2.45, 2.75) is 20.4 Å². The summed E-state index contributed by atoms with van der Waals surface area (Å²) in [5.74, 6) is 0.566. The number of H-pyrrole nitrogens is 1. The number of aromatic nitrogens is 3. The Morgan fingerprint density at radius 2 is 1.76 bits per heavy atom. The van der Waals surface area contributed by atoms with Crippen molar-refractivity contribution in [3.05, 3.63) is 76.0 Å². The van der Waals surface area contributed by atoms with Crippen LogP contribution < -0.4 is 5.56 Å². The highest BCUT2D eigenvalue weighted by Gasteiger charge is 2.10. The molecule has 1 N–H and O–H groups in total. The topological polar surface area (TPSA) is 50.7 Å². The molecule has 2 heterocycles. The molecule has 0 aliphatic heterocycles. The highest BCUT2D eigenvalue weighted by Crippen LogP contribution is 2.27. The Bertz CT molecular complexity index is 1160.